The van der Waals surface area contributed by atoms with E-state index >= 15 is 0 Å². The summed E-state index contributed by atoms with van der Waals surface area (Å²) in [5.74, 6) is -0.673. The summed E-state index contributed by atoms with van der Waals surface area (Å²) in [6.07, 6.45) is -4.68. The molecule has 4 nitrogen and oxygen atoms in total. The lowest BCUT2D eigenvalue weighted by atomic mass is 9.93. The molecule has 20 heavy (non-hydrogen) atoms. The first-order valence-corrected chi connectivity index (χ1v) is 6.85. The molecule has 1 aliphatic heterocycles. The number of nitrogens with zero attached hydrogens (tertiary/aromatic N) is 1. The van der Waals surface area contributed by atoms with Crippen molar-refractivity contribution in [2.75, 3.05) is 6.54 Å². The van der Waals surface area contributed by atoms with E-state index in [2.05, 4.69) is 5.32 Å². The molecule has 0 radical (unpaired) electrons. The second kappa shape index (κ2) is 6.45. The van der Waals surface area contributed by atoms with Crippen LogP contribution in [0.15, 0.2) is 0 Å². The van der Waals surface area contributed by atoms with Gasteiger partial charge in [0.25, 0.3) is 0 Å². The number of hydrogen-bond acceptors (Lipinski definition) is 2. The molecular formula is C13H21F3N2O2. The van der Waals surface area contributed by atoms with Crippen LogP contribution in [0.1, 0.15) is 40.0 Å². The number of carbonyl (C=O) groups is 2. The summed E-state index contributed by atoms with van der Waals surface area (Å²) in [4.78, 5) is 25.4. The minimum absolute atomic E-state index is 0.0366. The van der Waals surface area contributed by atoms with Gasteiger partial charge in [-0.15, -0.1) is 0 Å². The van der Waals surface area contributed by atoms with Crippen LogP contribution in [0.5, 0.6) is 0 Å². The van der Waals surface area contributed by atoms with Crippen molar-refractivity contribution in [2.24, 2.45) is 5.92 Å². The maximum atomic E-state index is 12.2. The number of amides is 2. The van der Waals surface area contributed by atoms with Crippen molar-refractivity contribution < 1.29 is 22.8 Å². The number of halogens is 3. The van der Waals surface area contributed by atoms with Crippen LogP contribution in [0.2, 0.25) is 0 Å². The Hall–Kier alpha value is -1.27. The van der Waals surface area contributed by atoms with Crippen LogP contribution in [0, 0.1) is 5.92 Å². The Labute approximate surface area is 116 Å². The molecule has 0 aromatic carbocycles. The molecule has 0 saturated carbocycles. The summed E-state index contributed by atoms with van der Waals surface area (Å²) in [5, 5.41) is 2.58. The average molecular weight is 294 g/mol. The number of hydrogen-bond donors (Lipinski definition) is 1. The van der Waals surface area contributed by atoms with Crippen molar-refractivity contribution in [2.45, 2.75) is 58.3 Å². The highest BCUT2D eigenvalue weighted by Gasteiger charge is 2.41. The van der Waals surface area contributed by atoms with Gasteiger partial charge in [0.15, 0.2) is 0 Å². The monoisotopic (exact) mass is 294 g/mol. The molecule has 2 amide bonds. The molecule has 0 aromatic heterocycles. The van der Waals surface area contributed by atoms with Gasteiger partial charge in [-0.2, -0.15) is 13.2 Å². The fraction of sp³-hybridized carbons (Fsp3) is 0.846. The number of piperazine rings is 1. The van der Waals surface area contributed by atoms with E-state index in [0.717, 1.165) is 0 Å². The number of alkyl halides is 3. The van der Waals surface area contributed by atoms with Crippen LogP contribution in [0.4, 0.5) is 13.2 Å². The van der Waals surface area contributed by atoms with E-state index in [1.54, 1.807) is 6.92 Å². The molecule has 3 atom stereocenters. The lowest BCUT2D eigenvalue weighted by Crippen LogP contribution is -2.64. The van der Waals surface area contributed by atoms with E-state index in [1.165, 1.54) is 4.90 Å². The first kappa shape index (κ1) is 16.8. The standard InChI is InChI=1S/C13H21F3N2O2/c1-4-8(2)10-11(19)17-9(3)12(20)18(10)7-5-6-13(14,15)16/h8-10H,4-7H2,1-3H3,(H,17,19). The van der Waals surface area contributed by atoms with Gasteiger partial charge in [0.05, 0.1) is 0 Å². The third kappa shape index (κ3) is 4.11. The van der Waals surface area contributed by atoms with Crippen molar-refractivity contribution in [3.05, 3.63) is 0 Å². The van der Waals surface area contributed by atoms with Gasteiger partial charge >= 0.3 is 6.18 Å². The van der Waals surface area contributed by atoms with Crippen molar-refractivity contribution in [1.29, 1.82) is 0 Å². The molecule has 0 bridgehead atoms. The zero-order chi connectivity index (χ0) is 15.5. The van der Waals surface area contributed by atoms with E-state index in [0.29, 0.717) is 6.42 Å². The van der Waals surface area contributed by atoms with Gasteiger partial charge in [-0.3, -0.25) is 9.59 Å². The third-order valence-electron chi connectivity index (χ3n) is 3.66. The predicted octanol–water partition coefficient (Wildman–Crippen LogP) is 2.09. The molecular weight excluding hydrogens is 273 g/mol. The van der Waals surface area contributed by atoms with Crippen LogP contribution in [-0.2, 0) is 9.59 Å². The molecule has 1 fully saturated rings. The second-order valence-corrected chi connectivity index (χ2v) is 5.31. The van der Waals surface area contributed by atoms with Gasteiger partial charge in [-0.1, -0.05) is 20.3 Å². The smallest absolute Gasteiger partial charge is 0.343 e. The lowest BCUT2D eigenvalue weighted by Gasteiger charge is -2.40. The lowest BCUT2D eigenvalue weighted by molar-refractivity contribution is -0.153. The van der Waals surface area contributed by atoms with Crippen LogP contribution in [0.25, 0.3) is 0 Å². The van der Waals surface area contributed by atoms with Crippen molar-refractivity contribution in [1.82, 2.24) is 10.2 Å². The minimum Gasteiger partial charge on any atom is -0.343 e. The molecule has 1 saturated heterocycles. The topological polar surface area (TPSA) is 49.4 Å². The highest BCUT2D eigenvalue weighted by molar-refractivity contribution is 5.96. The number of carbonyl (C=O) groups excluding carboxylic acids is 2. The first-order chi connectivity index (χ1) is 9.17. The molecule has 1 aliphatic rings. The van der Waals surface area contributed by atoms with E-state index < -0.39 is 24.7 Å². The van der Waals surface area contributed by atoms with Crippen LogP contribution in [0.3, 0.4) is 0 Å². The van der Waals surface area contributed by atoms with Crippen molar-refractivity contribution in [3.63, 3.8) is 0 Å². The Balaban J connectivity index is 2.78. The minimum atomic E-state index is -4.24. The Morgan fingerprint density at radius 1 is 1.35 bits per heavy atom. The quantitative estimate of drug-likeness (QED) is 0.844. The fourth-order valence-electron chi connectivity index (χ4n) is 2.38. The fourth-order valence-corrected chi connectivity index (χ4v) is 2.38. The van der Waals surface area contributed by atoms with E-state index in [4.69, 9.17) is 0 Å². The summed E-state index contributed by atoms with van der Waals surface area (Å²) in [7, 11) is 0. The van der Waals surface area contributed by atoms with Gasteiger partial charge in [-0.25, -0.2) is 0 Å². The molecule has 116 valence electrons. The van der Waals surface area contributed by atoms with E-state index in [-0.39, 0.29) is 30.7 Å². The van der Waals surface area contributed by atoms with Gasteiger partial charge in [0, 0.05) is 13.0 Å². The van der Waals surface area contributed by atoms with E-state index in [9.17, 15) is 22.8 Å². The highest BCUT2D eigenvalue weighted by atomic mass is 19.4. The van der Waals surface area contributed by atoms with Crippen LogP contribution in [-0.4, -0.2) is 41.5 Å². The van der Waals surface area contributed by atoms with Crippen molar-refractivity contribution >= 4 is 11.8 Å². The SMILES string of the molecule is CCC(C)C1C(=O)NC(C)C(=O)N1CCCC(F)(F)F. The molecule has 7 heteroatoms. The molecule has 1 N–H and O–H groups in total. The van der Waals surface area contributed by atoms with Gasteiger partial charge in [0.1, 0.15) is 12.1 Å². The number of nitrogens with one attached hydrogen (secondary N) is 1. The predicted molar refractivity (Wildman–Crippen MR) is 67.8 cm³/mol. The molecule has 0 aromatic rings. The summed E-state index contributed by atoms with van der Waals surface area (Å²) >= 11 is 0. The molecule has 0 spiro atoms. The number of rotatable bonds is 5. The maximum absolute atomic E-state index is 12.2. The Morgan fingerprint density at radius 2 is 1.95 bits per heavy atom. The van der Waals surface area contributed by atoms with Gasteiger partial charge in [-0.05, 0) is 19.3 Å². The van der Waals surface area contributed by atoms with Crippen LogP contribution >= 0.6 is 0 Å². The third-order valence-corrected chi connectivity index (χ3v) is 3.66. The molecule has 1 heterocycles. The zero-order valence-electron chi connectivity index (χ0n) is 12.0. The Morgan fingerprint density at radius 3 is 2.45 bits per heavy atom. The van der Waals surface area contributed by atoms with E-state index in [1.807, 2.05) is 13.8 Å². The van der Waals surface area contributed by atoms with Gasteiger partial charge < -0.3 is 10.2 Å². The van der Waals surface area contributed by atoms with Gasteiger partial charge in [0.2, 0.25) is 11.8 Å². The Bertz CT molecular complexity index is 371. The first-order valence-electron chi connectivity index (χ1n) is 6.85. The Kier molecular flexibility index (Phi) is 5.42. The average Bonchev–Trinajstić information content (AvgIpc) is 2.33. The summed E-state index contributed by atoms with van der Waals surface area (Å²) < 4.78 is 36.6. The summed E-state index contributed by atoms with van der Waals surface area (Å²) in [6, 6.07) is -1.34. The summed E-state index contributed by atoms with van der Waals surface area (Å²) in [5.41, 5.74) is 0. The summed E-state index contributed by atoms with van der Waals surface area (Å²) in [6.45, 7) is 5.22. The zero-order valence-corrected chi connectivity index (χ0v) is 12.0. The van der Waals surface area contributed by atoms with Crippen molar-refractivity contribution in [3.8, 4) is 0 Å². The maximum Gasteiger partial charge on any atom is 0.389 e. The molecule has 3 unspecified atom stereocenters. The normalized spacial score (nSPS) is 25.6. The van der Waals surface area contributed by atoms with Crippen LogP contribution < -0.4 is 5.32 Å². The highest BCUT2D eigenvalue weighted by Crippen LogP contribution is 2.24. The largest absolute Gasteiger partial charge is 0.389 e. The molecule has 1 rings (SSSR count). The second-order valence-electron chi connectivity index (χ2n) is 5.31. The molecule has 0 aliphatic carbocycles.